The van der Waals surface area contributed by atoms with Gasteiger partial charge in [-0.3, -0.25) is 9.59 Å². The number of nitrogens with one attached hydrogen (secondary N) is 1. The summed E-state index contributed by atoms with van der Waals surface area (Å²) in [5.74, 6) is -0.159. The summed E-state index contributed by atoms with van der Waals surface area (Å²) in [6, 6.07) is 0. The van der Waals surface area contributed by atoms with Crippen LogP contribution in [0.25, 0.3) is 0 Å². The first-order valence-electron chi connectivity index (χ1n) is 4.39. The Bertz CT molecular complexity index is 223. The van der Waals surface area contributed by atoms with Crippen molar-refractivity contribution in [2.24, 2.45) is 0 Å². The summed E-state index contributed by atoms with van der Waals surface area (Å²) in [4.78, 5) is 22.4. The van der Waals surface area contributed by atoms with Crippen molar-refractivity contribution in [2.45, 2.75) is 39.2 Å². The van der Waals surface area contributed by atoms with Gasteiger partial charge >= 0.3 is 0 Å². The smallest absolute Gasteiger partial charge is 0.217 e. The molecular formula is C10H17NO2. The van der Waals surface area contributed by atoms with Gasteiger partial charge in [0, 0.05) is 13.3 Å². The maximum atomic E-state index is 11.5. The third-order valence-electron chi connectivity index (χ3n) is 1.94. The van der Waals surface area contributed by atoms with Crippen LogP contribution in [0.4, 0.5) is 0 Å². The maximum Gasteiger partial charge on any atom is 0.217 e. The fourth-order valence-corrected chi connectivity index (χ4v) is 1.30. The van der Waals surface area contributed by atoms with Crippen molar-refractivity contribution in [3.63, 3.8) is 0 Å². The summed E-state index contributed by atoms with van der Waals surface area (Å²) in [6.45, 7) is 8.48. The highest BCUT2D eigenvalue weighted by molar-refractivity contribution is 5.92. The van der Waals surface area contributed by atoms with Gasteiger partial charge in [0.1, 0.15) is 0 Å². The van der Waals surface area contributed by atoms with Gasteiger partial charge in [0.2, 0.25) is 5.91 Å². The molecule has 0 radical (unpaired) electrons. The first-order chi connectivity index (χ1) is 5.96. The lowest BCUT2D eigenvalue weighted by molar-refractivity contribution is -0.130. The second-order valence-electron chi connectivity index (χ2n) is 3.28. The van der Waals surface area contributed by atoms with Crippen LogP contribution in [0.1, 0.15) is 33.6 Å². The first-order valence-corrected chi connectivity index (χ1v) is 4.39. The van der Waals surface area contributed by atoms with Gasteiger partial charge in [0.05, 0.1) is 5.54 Å². The quantitative estimate of drug-likeness (QED) is 0.655. The monoisotopic (exact) mass is 183 g/mol. The fraction of sp³-hybridized carbons (Fsp3) is 0.600. The molecule has 0 heterocycles. The lowest BCUT2D eigenvalue weighted by Crippen LogP contribution is -2.50. The van der Waals surface area contributed by atoms with Crippen molar-refractivity contribution in [1.82, 2.24) is 5.32 Å². The first kappa shape index (κ1) is 11.9. The Morgan fingerprint density at radius 3 is 2.38 bits per heavy atom. The summed E-state index contributed by atoms with van der Waals surface area (Å²) < 4.78 is 0. The molecule has 0 aromatic rings. The molecule has 3 nitrogen and oxygen atoms in total. The second-order valence-corrected chi connectivity index (χ2v) is 3.28. The van der Waals surface area contributed by atoms with Gasteiger partial charge < -0.3 is 5.32 Å². The van der Waals surface area contributed by atoms with Gasteiger partial charge in [0.15, 0.2) is 5.78 Å². The predicted molar refractivity (Wildman–Crippen MR) is 52.3 cm³/mol. The summed E-state index contributed by atoms with van der Waals surface area (Å²) >= 11 is 0. The third kappa shape index (κ3) is 3.40. The number of hydrogen-bond donors (Lipinski definition) is 1. The maximum absolute atomic E-state index is 11.5. The minimum absolute atomic E-state index is 0.0302. The van der Waals surface area contributed by atoms with Crippen LogP contribution in [-0.4, -0.2) is 17.2 Å². The van der Waals surface area contributed by atoms with E-state index in [4.69, 9.17) is 0 Å². The van der Waals surface area contributed by atoms with Crippen LogP contribution in [-0.2, 0) is 9.59 Å². The number of carbonyl (C=O) groups is 2. The van der Waals surface area contributed by atoms with Crippen molar-refractivity contribution in [3.05, 3.63) is 12.7 Å². The van der Waals surface area contributed by atoms with E-state index >= 15 is 0 Å². The van der Waals surface area contributed by atoms with Crippen molar-refractivity contribution >= 4 is 11.7 Å². The molecule has 0 rings (SSSR count). The van der Waals surface area contributed by atoms with E-state index in [-0.39, 0.29) is 11.7 Å². The van der Waals surface area contributed by atoms with Crippen LogP contribution in [0.5, 0.6) is 0 Å². The number of carbonyl (C=O) groups excluding carboxylic acids is 2. The number of Topliss-reactive ketones (excluding diaryl/α,β-unsaturated/α-hetero) is 1. The van der Waals surface area contributed by atoms with E-state index in [1.54, 1.807) is 19.9 Å². The molecule has 0 saturated heterocycles. The molecule has 0 spiro atoms. The average Bonchev–Trinajstić information content (AvgIpc) is 2.02. The molecular weight excluding hydrogens is 166 g/mol. The summed E-state index contributed by atoms with van der Waals surface area (Å²) in [7, 11) is 0. The zero-order chi connectivity index (χ0) is 10.5. The SMILES string of the molecule is C=CC[C@@](C)(NC(C)=O)C(=O)CC. The number of ketones is 1. The van der Waals surface area contributed by atoms with E-state index in [1.807, 2.05) is 0 Å². The van der Waals surface area contributed by atoms with Crippen LogP contribution in [0.2, 0.25) is 0 Å². The predicted octanol–water partition coefficient (Wildman–Crippen LogP) is 1.44. The van der Waals surface area contributed by atoms with Crippen LogP contribution in [0.15, 0.2) is 12.7 Å². The molecule has 0 aliphatic carbocycles. The zero-order valence-electron chi connectivity index (χ0n) is 8.52. The lowest BCUT2D eigenvalue weighted by atomic mass is 9.90. The topological polar surface area (TPSA) is 46.2 Å². The Labute approximate surface area is 79.2 Å². The van der Waals surface area contributed by atoms with E-state index in [0.29, 0.717) is 12.8 Å². The molecule has 0 aromatic heterocycles. The van der Waals surface area contributed by atoms with Gasteiger partial charge in [-0.05, 0) is 13.3 Å². The van der Waals surface area contributed by atoms with Crippen LogP contribution < -0.4 is 5.32 Å². The minimum atomic E-state index is -0.775. The number of amides is 1. The molecule has 0 aliphatic heterocycles. The van der Waals surface area contributed by atoms with Crippen LogP contribution >= 0.6 is 0 Å². The summed E-state index contributed by atoms with van der Waals surface area (Å²) in [5, 5.41) is 2.65. The zero-order valence-corrected chi connectivity index (χ0v) is 8.52. The fourth-order valence-electron chi connectivity index (χ4n) is 1.30. The molecule has 74 valence electrons. The average molecular weight is 183 g/mol. The van der Waals surface area contributed by atoms with Gasteiger partial charge in [0.25, 0.3) is 0 Å². The van der Waals surface area contributed by atoms with Crippen molar-refractivity contribution < 1.29 is 9.59 Å². The molecule has 0 aromatic carbocycles. The van der Waals surface area contributed by atoms with Crippen LogP contribution in [0.3, 0.4) is 0 Å². The number of hydrogen-bond acceptors (Lipinski definition) is 2. The Kier molecular flexibility index (Phi) is 4.38. The Morgan fingerprint density at radius 2 is 2.08 bits per heavy atom. The van der Waals surface area contributed by atoms with Gasteiger partial charge in [-0.2, -0.15) is 0 Å². The Balaban J connectivity index is 4.60. The molecule has 1 N–H and O–H groups in total. The summed E-state index contributed by atoms with van der Waals surface area (Å²) in [5.41, 5.74) is -0.775. The van der Waals surface area contributed by atoms with Crippen molar-refractivity contribution in [3.8, 4) is 0 Å². The molecule has 1 amide bonds. The Hall–Kier alpha value is -1.12. The second kappa shape index (κ2) is 4.80. The number of rotatable bonds is 5. The van der Waals surface area contributed by atoms with E-state index in [0.717, 1.165) is 0 Å². The van der Waals surface area contributed by atoms with Gasteiger partial charge in [-0.15, -0.1) is 6.58 Å². The van der Waals surface area contributed by atoms with Gasteiger partial charge in [-0.1, -0.05) is 13.0 Å². The van der Waals surface area contributed by atoms with Gasteiger partial charge in [-0.25, -0.2) is 0 Å². The summed E-state index contributed by atoms with van der Waals surface area (Å²) in [6.07, 6.45) is 2.54. The van der Waals surface area contributed by atoms with Crippen molar-refractivity contribution in [1.29, 1.82) is 0 Å². The standard InChI is InChI=1S/C10H17NO2/c1-5-7-10(4,9(13)6-2)11-8(3)12/h5H,1,6-7H2,2-4H3,(H,11,12)/t10-/m1/s1. The normalized spacial score (nSPS) is 14.4. The van der Waals surface area contributed by atoms with E-state index in [1.165, 1.54) is 6.92 Å². The molecule has 13 heavy (non-hydrogen) atoms. The molecule has 0 aliphatic rings. The third-order valence-corrected chi connectivity index (χ3v) is 1.94. The molecule has 0 unspecified atom stereocenters. The molecule has 3 heteroatoms. The van der Waals surface area contributed by atoms with E-state index in [2.05, 4.69) is 11.9 Å². The molecule has 0 bridgehead atoms. The molecule has 0 saturated carbocycles. The van der Waals surface area contributed by atoms with Crippen molar-refractivity contribution in [2.75, 3.05) is 0 Å². The highest BCUT2D eigenvalue weighted by Crippen LogP contribution is 2.13. The highest BCUT2D eigenvalue weighted by atomic mass is 16.2. The molecule has 1 atom stereocenters. The van der Waals surface area contributed by atoms with Crippen LogP contribution in [0, 0.1) is 0 Å². The highest BCUT2D eigenvalue weighted by Gasteiger charge is 2.30. The van der Waals surface area contributed by atoms with E-state index < -0.39 is 5.54 Å². The largest absolute Gasteiger partial charge is 0.344 e. The lowest BCUT2D eigenvalue weighted by Gasteiger charge is -2.27. The Morgan fingerprint density at radius 1 is 1.54 bits per heavy atom. The van der Waals surface area contributed by atoms with E-state index in [9.17, 15) is 9.59 Å². The minimum Gasteiger partial charge on any atom is -0.344 e. The molecule has 0 fully saturated rings.